The van der Waals surface area contributed by atoms with Crippen LogP contribution in [0.3, 0.4) is 0 Å². The van der Waals surface area contributed by atoms with E-state index >= 15 is 0 Å². The molecule has 1 unspecified atom stereocenters. The standard InChI is InChI=1S/C13H28N2/c1-10(2)13(9-14)15(4)12-7-5-11(3)6-8-12/h10-13H,5-9,14H2,1-4H3. The molecule has 1 aliphatic rings. The van der Waals surface area contributed by atoms with Crippen LogP contribution in [0.1, 0.15) is 46.5 Å². The Hall–Kier alpha value is -0.0800. The second-order valence-electron chi connectivity index (χ2n) is 5.63. The van der Waals surface area contributed by atoms with E-state index in [1.54, 1.807) is 0 Å². The van der Waals surface area contributed by atoms with Crippen molar-refractivity contribution in [3.8, 4) is 0 Å². The van der Waals surface area contributed by atoms with Gasteiger partial charge < -0.3 is 5.73 Å². The lowest BCUT2D eigenvalue weighted by Crippen LogP contribution is -2.48. The van der Waals surface area contributed by atoms with Crippen molar-refractivity contribution in [2.24, 2.45) is 17.6 Å². The third kappa shape index (κ3) is 3.46. The van der Waals surface area contributed by atoms with Gasteiger partial charge in [-0.3, -0.25) is 4.90 Å². The molecule has 0 aromatic heterocycles. The van der Waals surface area contributed by atoms with Crippen molar-refractivity contribution in [3.05, 3.63) is 0 Å². The lowest BCUT2D eigenvalue weighted by atomic mass is 9.85. The highest BCUT2D eigenvalue weighted by atomic mass is 15.2. The molecule has 1 atom stereocenters. The van der Waals surface area contributed by atoms with Gasteiger partial charge in [0.05, 0.1) is 0 Å². The van der Waals surface area contributed by atoms with Crippen LogP contribution in [0, 0.1) is 11.8 Å². The van der Waals surface area contributed by atoms with Crippen LogP contribution in [0.15, 0.2) is 0 Å². The molecule has 0 amide bonds. The third-order valence-corrected chi connectivity index (χ3v) is 4.10. The van der Waals surface area contributed by atoms with Gasteiger partial charge in [0.15, 0.2) is 0 Å². The van der Waals surface area contributed by atoms with Gasteiger partial charge in [0.1, 0.15) is 0 Å². The molecular weight excluding hydrogens is 184 g/mol. The van der Waals surface area contributed by atoms with Gasteiger partial charge in [0, 0.05) is 18.6 Å². The zero-order chi connectivity index (χ0) is 11.4. The van der Waals surface area contributed by atoms with Crippen LogP contribution in [-0.2, 0) is 0 Å². The van der Waals surface area contributed by atoms with E-state index in [4.69, 9.17) is 5.73 Å². The first-order valence-electron chi connectivity index (χ1n) is 6.48. The van der Waals surface area contributed by atoms with E-state index < -0.39 is 0 Å². The number of rotatable bonds is 4. The Kier molecular flexibility index (Phi) is 5.07. The van der Waals surface area contributed by atoms with Crippen LogP contribution < -0.4 is 5.73 Å². The zero-order valence-corrected chi connectivity index (χ0v) is 10.9. The molecule has 0 bridgehead atoms. The number of hydrogen-bond acceptors (Lipinski definition) is 2. The minimum absolute atomic E-state index is 0.559. The van der Waals surface area contributed by atoms with E-state index in [1.165, 1.54) is 25.7 Å². The van der Waals surface area contributed by atoms with E-state index in [2.05, 4.69) is 32.7 Å². The summed E-state index contributed by atoms with van der Waals surface area (Å²) in [6.07, 6.45) is 5.51. The molecule has 0 aromatic carbocycles. The van der Waals surface area contributed by atoms with E-state index in [-0.39, 0.29) is 0 Å². The van der Waals surface area contributed by atoms with Crippen molar-refractivity contribution >= 4 is 0 Å². The third-order valence-electron chi connectivity index (χ3n) is 4.10. The summed E-state index contributed by atoms with van der Waals surface area (Å²) >= 11 is 0. The summed E-state index contributed by atoms with van der Waals surface area (Å²) in [6, 6.07) is 1.33. The van der Waals surface area contributed by atoms with Crippen molar-refractivity contribution in [3.63, 3.8) is 0 Å². The molecule has 0 aliphatic heterocycles. The number of hydrogen-bond donors (Lipinski definition) is 1. The predicted octanol–water partition coefficient (Wildman–Crippen LogP) is 2.48. The van der Waals surface area contributed by atoms with E-state index in [1.807, 2.05) is 0 Å². The normalized spacial score (nSPS) is 29.8. The number of likely N-dealkylation sites (N-methyl/N-ethyl adjacent to an activating group) is 1. The Morgan fingerprint density at radius 1 is 1.20 bits per heavy atom. The summed E-state index contributed by atoms with van der Waals surface area (Å²) in [4.78, 5) is 2.54. The second kappa shape index (κ2) is 5.86. The van der Waals surface area contributed by atoms with Crippen LogP contribution in [0.4, 0.5) is 0 Å². The van der Waals surface area contributed by atoms with Crippen LogP contribution in [-0.4, -0.2) is 30.6 Å². The van der Waals surface area contributed by atoms with Gasteiger partial charge >= 0.3 is 0 Å². The van der Waals surface area contributed by atoms with Crippen LogP contribution in [0.2, 0.25) is 0 Å². The fraction of sp³-hybridized carbons (Fsp3) is 1.00. The maximum atomic E-state index is 5.87. The molecule has 0 heterocycles. The maximum absolute atomic E-state index is 5.87. The fourth-order valence-corrected chi connectivity index (χ4v) is 2.83. The van der Waals surface area contributed by atoms with Crippen molar-refractivity contribution < 1.29 is 0 Å². The predicted molar refractivity (Wildman–Crippen MR) is 66.9 cm³/mol. The molecule has 0 radical (unpaired) electrons. The van der Waals surface area contributed by atoms with Gasteiger partial charge in [-0.1, -0.05) is 20.8 Å². The van der Waals surface area contributed by atoms with Gasteiger partial charge in [-0.25, -0.2) is 0 Å². The molecular formula is C13H28N2. The van der Waals surface area contributed by atoms with Gasteiger partial charge in [-0.05, 0) is 44.6 Å². The van der Waals surface area contributed by atoms with Gasteiger partial charge in [-0.2, -0.15) is 0 Å². The van der Waals surface area contributed by atoms with Crippen LogP contribution >= 0.6 is 0 Å². The molecule has 1 rings (SSSR count). The molecule has 2 N–H and O–H groups in total. The van der Waals surface area contributed by atoms with Crippen molar-refractivity contribution in [1.82, 2.24) is 4.90 Å². The molecule has 2 nitrogen and oxygen atoms in total. The van der Waals surface area contributed by atoms with Gasteiger partial charge in [-0.15, -0.1) is 0 Å². The average molecular weight is 212 g/mol. The first-order valence-corrected chi connectivity index (χ1v) is 6.48. The Labute approximate surface area is 95.2 Å². The summed E-state index contributed by atoms with van der Waals surface area (Å²) in [7, 11) is 2.26. The zero-order valence-electron chi connectivity index (χ0n) is 10.9. The lowest BCUT2D eigenvalue weighted by molar-refractivity contribution is 0.101. The number of nitrogens with two attached hydrogens (primary N) is 1. The Balaban J connectivity index is 2.47. The first-order chi connectivity index (χ1) is 7.06. The molecule has 1 aliphatic carbocycles. The molecule has 2 heteroatoms. The molecule has 0 spiro atoms. The highest BCUT2D eigenvalue weighted by Gasteiger charge is 2.27. The lowest BCUT2D eigenvalue weighted by Gasteiger charge is -2.39. The molecule has 1 fully saturated rings. The summed E-state index contributed by atoms with van der Waals surface area (Å²) in [5.74, 6) is 1.60. The molecule has 90 valence electrons. The highest BCUT2D eigenvalue weighted by Crippen LogP contribution is 2.28. The Bertz CT molecular complexity index is 171. The van der Waals surface area contributed by atoms with Crippen molar-refractivity contribution in [1.29, 1.82) is 0 Å². The summed E-state index contributed by atoms with van der Waals surface area (Å²) in [5, 5.41) is 0. The minimum atomic E-state index is 0.559. The van der Waals surface area contributed by atoms with E-state index in [0.717, 1.165) is 18.5 Å². The summed E-state index contributed by atoms with van der Waals surface area (Å²) in [6.45, 7) is 7.72. The average Bonchev–Trinajstić information content (AvgIpc) is 2.19. The molecule has 0 saturated heterocycles. The fourth-order valence-electron chi connectivity index (χ4n) is 2.83. The molecule has 15 heavy (non-hydrogen) atoms. The summed E-state index contributed by atoms with van der Waals surface area (Å²) in [5.41, 5.74) is 5.87. The largest absolute Gasteiger partial charge is 0.329 e. The van der Waals surface area contributed by atoms with Crippen molar-refractivity contribution in [2.45, 2.75) is 58.5 Å². The minimum Gasteiger partial charge on any atom is -0.329 e. The Morgan fingerprint density at radius 3 is 2.13 bits per heavy atom. The quantitative estimate of drug-likeness (QED) is 0.776. The second-order valence-corrected chi connectivity index (χ2v) is 5.63. The van der Waals surface area contributed by atoms with Crippen LogP contribution in [0.25, 0.3) is 0 Å². The first kappa shape index (κ1) is 13.0. The molecule has 1 saturated carbocycles. The monoisotopic (exact) mass is 212 g/mol. The van der Waals surface area contributed by atoms with Gasteiger partial charge in [0.2, 0.25) is 0 Å². The van der Waals surface area contributed by atoms with E-state index in [9.17, 15) is 0 Å². The maximum Gasteiger partial charge on any atom is 0.0241 e. The molecule has 0 aromatic rings. The van der Waals surface area contributed by atoms with Gasteiger partial charge in [0.25, 0.3) is 0 Å². The number of nitrogens with zero attached hydrogens (tertiary/aromatic N) is 1. The van der Waals surface area contributed by atoms with Crippen LogP contribution in [0.5, 0.6) is 0 Å². The topological polar surface area (TPSA) is 29.3 Å². The highest BCUT2D eigenvalue weighted by molar-refractivity contribution is 4.82. The SMILES string of the molecule is CC1CCC(N(C)C(CN)C(C)C)CC1. The van der Waals surface area contributed by atoms with E-state index in [0.29, 0.717) is 12.0 Å². The summed E-state index contributed by atoms with van der Waals surface area (Å²) < 4.78 is 0. The Morgan fingerprint density at radius 2 is 1.73 bits per heavy atom. The van der Waals surface area contributed by atoms with Crippen molar-refractivity contribution in [2.75, 3.05) is 13.6 Å². The smallest absolute Gasteiger partial charge is 0.0241 e.